The predicted octanol–water partition coefficient (Wildman–Crippen LogP) is 1.74. The van der Waals surface area contributed by atoms with E-state index in [0.29, 0.717) is 6.54 Å². The van der Waals surface area contributed by atoms with Crippen LogP contribution >= 0.6 is 22.6 Å². The quantitative estimate of drug-likeness (QED) is 0.820. The average Bonchev–Trinajstić information content (AvgIpc) is 2.81. The first kappa shape index (κ1) is 12.8. The molecule has 0 bridgehead atoms. The number of hydrogen-bond donors (Lipinski definition) is 2. The van der Waals surface area contributed by atoms with E-state index in [9.17, 15) is 4.79 Å². The van der Waals surface area contributed by atoms with Gasteiger partial charge in [0.15, 0.2) is 0 Å². The molecule has 0 spiro atoms. The van der Waals surface area contributed by atoms with Crippen molar-refractivity contribution in [2.24, 2.45) is 5.73 Å². The van der Waals surface area contributed by atoms with E-state index in [1.165, 1.54) is 0 Å². The van der Waals surface area contributed by atoms with Gasteiger partial charge in [-0.15, -0.1) is 0 Å². The van der Waals surface area contributed by atoms with Crippen LogP contribution in [0.2, 0.25) is 0 Å². The number of nitrogens with one attached hydrogen (secondary N) is 1. The first-order valence-electron chi connectivity index (χ1n) is 5.61. The molecular formula is C12H15IN2O2. The molecule has 2 atom stereocenters. The van der Waals surface area contributed by atoms with Crippen LogP contribution in [0, 0.1) is 3.57 Å². The summed E-state index contributed by atoms with van der Waals surface area (Å²) in [5.41, 5.74) is 6.31. The molecular weight excluding hydrogens is 331 g/mol. The van der Waals surface area contributed by atoms with E-state index in [-0.39, 0.29) is 18.1 Å². The molecule has 0 saturated carbocycles. The molecule has 3 N–H and O–H groups in total. The van der Waals surface area contributed by atoms with Crippen LogP contribution in [0.25, 0.3) is 0 Å². The molecule has 1 aliphatic heterocycles. The number of amides is 1. The minimum absolute atomic E-state index is 0.0301. The maximum Gasteiger partial charge on any atom is 0.253 e. The van der Waals surface area contributed by atoms with Gasteiger partial charge in [-0.25, -0.2) is 0 Å². The Morgan fingerprint density at radius 3 is 2.71 bits per heavy atom. The van der Waals surface area contributed by atoms with Crippen molar-refractivity contribution in [2.45, 2.75) is 25.0 Å². The van der Waals surface area contributed by atoms with E-state index in [4.69, 9.17) is 10.5 Å². The molecule has 1 aromatic carbocycles. The number of hydrogen-bond acceptors (Lipinski definition) is 3. The molecule has 1 saturated heterocycles. The summed E-state index contributed by atoms with van der Waals surface area (Å²) in [5, 5.41) is 2.85. The Morgan fingerprint density at radius 1 is 1.41 bits per heavy atom. The maximum atomic E-state index is 11.9. The number of carbonyl (C=O) groups excluding carboxylic acids is 1. The number of anilines is 1. The van der Waals surface area contributed by atoms with E-state index in [1.54, 1.807) is 0 Å². The molecule has 0 aliphatic carbocycles. The normalized spacial score (nSPS) is 23.6. The van der Waals surface area contributed by atoms with Gasteiger partial charge in [0, 0.05) is 15.8 Å². The van der Waals surface area contributed by atoms with E-state index >= 15 is 0 Å². The molecule has 2 unspecified atom stereocenters. The van der Waals surface area contributed by atoms with Crippen LogP contribution in [-0.4, -0.2) is 24.7 Å². The Kier molecular flexibility index (Phi) is 4.36. The van der Waals surface area contributed by atoms with Crippen molar-refractivity contribution in [3.63, 3.8) is 0 Å². The van der Waals surface area contributed by atoms with E-state index in [2.05, 4.69) is 27.9 Å². The largest absolute Gasteiger partial charge is 0.364 e. The Labute approximate surface area is 114 Å². The topological polar surface area (TPSA) is 64.4 Å². The van der Waals surface area contributed by atoms with Gasteiger partial charge in [0.05, 0.1) is 6.10 Å². The van der Waals surface area contributed by atoms with Crippen LogP contribution in [0.15, 0.2) is 24.3 Å². The summed E-state index contributed by atoms with van der Waals surface area (Å²) in [7, 11) is 0. The Bertz CT molecular complexity index is 394. The fourth-order valence-corrected chi connectivity index (χ4v) is 2.19. The van der Waals surface area contributed by atoms with Gasteiger partial charge in [0.2, 0.25) is 0 Å². The number of carbonyl (C=O) groups is 1. The highest BCUT2D eigenvalue weighted by atomic mass is 127. The van der Waals surface area contributed by atoms with Gasteiger partial charge in [-0.2, -0.15) is 0 Å². The lowest BCUT2D eigenvalue weighted by Gasteiger charge is -2.12. The molecule has 17 heavy (non-hydrogen) atoms. The van der Waals surface area contributed by atoms with Crippen LogP contribution in [0.4, 0.5) is 5.69 Å². The van der Waals surface area contributed by atoms with Crippen molar-refractivity contribution in [1.82, 2.24) is 0 Å². The van der Waals surface area contributed by atoms with Crippen molar-refractivity contribution in [3.05, 3.63) is 27.8 Å². The summed E-state index contributed by atoms with van der Waals surface area (Å²) in [4.78, 5) is 11.9. The molecule has 5 heteroatoms. The number of halogens is 1. The first-order valence-corrected chi connectivity index (χ1v) is 6.69. The Balaban J connectivity index is 1.91. The van der Waals surface area contributed by atoms with Crippen molar-refractivity contribution in [1.29, 1.82) is 0 Å². The van der Waals surface area contributed by atoms with Gasteiger partial charge in [-0.1, -0.05) is 0 Å². The van der Waals surface area contributed by atoms with Gasteiger partial charge in [-0.3, -0.25) is 4.79 Å². The average molecular weight is 346 g/mol. The van der Waals surface area contributed by atoms with Crippen molar-refractivity contribution in [2.75, 3.05) is 11.9 Å². The third-order valence-corrected chi connectivity index (χ3v) is 3.49. The number of benzene rings is 1. The van der Waals surface area contributed by atoms with Gasteiger partial charge in [0.1, 0.15) is 6.10 Å². The third kappa shape index (κ3) is 3.40. The van der Waals surface area contributed by atoms with Crippen LogP contribution < -0.4 is 11.1 Å². The zero-order valence-corrected chi connectivity index (χ0v) is 11.5. The monoisotopic (exact) mass is 346 g/mol. The highest BCUT2D eigenvalue weighted by Gasteiger charge is 2.29. The summed E-state index contributed by atoms with van der Waals surface area (Å²) < 4.78 is 6.67. The van der Waals surface area contributed by atoms with Crippen LogP contribution in [-0.2, 0) is 9.53 Å². The van der Waals surface area contributed by atoms with Gasteiger partial charge < -0.3 is 15.8 Å². The second kappa shape index (κ2) is 5.79. The second-order valence-corrected chi connectivity index (χ2v) is 5.30. The third-order valence-electron chi connectivity index (χ3n) is 2.77. The zero-order chi connectivity index (χ0) is 12.3. The number of nitrogens with two attached hydrogens (primary N) is 1. The Morgan fingerprint density at radius 2 is 2.12 bits per heavy atom. The van der Waals surface area contributed by atoms with Crippen LogP contribution in [0.1, 0.15) is 12.8 Å². The summed E-state index contributed by atoms with van der Waals surface area (Å²) in [5.74, 6) is -0.0813. The fraction of sp³-hybridized carbons (Fsp3) is 0.417. The number of ether oxygens (including phenoxy) is 1. The fourth-order valence-electron chi connectivity index (χ4n) is 1.83. The van der Waals surface area contributed by atoms with Crippen molar-refractivity contribution >= 4 is 34.2 Å². The molecule has 92 valence electrons. The molecule has 1 amide bonds. The van der Waals surface area contributed by atoms with Crippen molar-refractivity contribution < 1.29 is 9.53 Å². The minimum Gasteiger partial charge on any atom is -0.364 e. The summed E-state index contributed by atoms with van der Waals surface area (Å²) in [6.45, 7) is 0.479. The lowest BCUT2D eigenvalue weighted by molar-refractivity contribution is -0.126. The molecule has 1 heterocycles. The molecule has 0 radical (unpaired) electrons. The van der Waals surface area contributed by atoms with Gasteiger partial charge in [0.25, 0.3) is 5.91 Å². The summed E-state index contributed by atoms with van der Waals surface area (Å²) in [6, 6.07) is 7.67. The van der Waals surface area contributed by atoms with E-state index < -0.39 is 0 Å². The van der Waals surface area contributed by atoms with Crippen LogP contribution in [0.5, 0.6) is 0 Å². The summed E-state index contributed by atoms with van der Waals surface area (Å²) >= 11 is 2.22. The van der Waals surface area contributed by atoms with E-state index in [1.807, 2.05) is 24.3 Å². The van der Waals surface area contributed by atoms with E-state index in [0.717, 1.165) is 22.1 Å². The smallest absolute Gasteiger partial charge is 0.253 e. The standard InChI is InChI=1S/C12H15IN2O2/c13-8-1-3-9(4-2-8)15-12(16)11-6-5-10(7-14)17-11/h1-4,10-11H,5-7,14H2,(H,15,16). The van der Waals surface area contributed by atoms with Crippen molar-refractivity contribution in [3.8, 4) is 0 Å². The summed E-state index contributed by atoms with van der Waals surface area (Å²) in [6.07, 6.45) is 1.28. The second-order valence-electron chi connectivity index (χ2n) is 4.06. The molecule has 4 nitrogen and oxygen atoms in total. The SMILES string of the molecule is NCC1CCC(C(=O)Nc2ccc(I)cc2)O1. The van der Waals surface area contributed by atoms with Gasteiger partial charge >= 0.3 is 0 Å². The van der Waals surface area contributed by atoms with Gasteiger partial charge in [-0.05, 0) is 59.7 Å². The maximum absolute atomic E-state index is 11.9. The zero-order valence-electron chi connectivity index (χ0n) is 9.36. The highest BCUT2D eigenvalue weighted by Crippen LogP contribution is 2.20. The Hall–Kier alpha value is -0.660. The number of rotatable bonds is 3. The first-order chi connectivity index (χ1) is 8.19. The van der Waals surface area contributed by atoms with Crippen LogP contribution in [0.3, 0.4) is 0 Å². The molecule has 1 aromatic rings. The highest BCUT2D eigenvalue weighted by molar-refractivity contribution is 14.1. The predicted molar refractivity (Wildman–Crippen MR) is 74.7 cm³/mol. The molecule has 1 fully saturated rings. The molecule has 0 aromatic heterocycles. The lowest BCUT2D eigenvalue weighted by Crippen LogP contribution is -2.29. The molecule has 2 rings (SSSR count). The lowest BCUT2D eigenvalue weighted by atomic mass is 10.2. The molecule has 1 aliphatic rings. The minimum atomic E-state index is -0.358.